The van der Waals surface area contributed by atoms with Gasteiger partial charge in [0.05, 0.1) is 24.3 Å². The zero-order valence-electron chi connectivity index (χ0n) is 14.2. The highest BCUT2D eigenvalue weighted by molar-refractivity contribution is 5.42. The first-order valence-electron chi connectivity index (χ1n) is 9.02. The molecule has 1 spiro atoms. The van der Waals surface area contributed by atoms with Crippen molar-refractivity contribution in [3.05, 3.63) is 35.9 Å². The van der Waals surface area contributed by atoms with Crippen LogP contribution in [0.2, 0.25) is 0 Å². The minimum absolute atomic E-state index is 0.0915. The van der Waals surface area contributed by atoms with Crippen molar-refractivity contribution in [3.8, 4) is 0 Å². The SMILES string of the molecule is c1cnc(N2CCC3(COCc4cnc(NCC5CC5)nc43)C2)nc1. The van der Waals surface area contributed by atoms with Gasteiger partial charge in [0.15, 0.2) is 0 Å². The van der Waals surface area contributed by atoms with Gasteiger partial charge in [-0.3, -0.25) is 0 Å². The summed E-state index contributed by atoms with van der Waals surface area (Å²) in [6.45, 7) is 4.03. The zero-order chi connectivity index (χ0) is 16.7. The Hall–Kier alpha value is -2.28. The van der Waals surface area contributed by atoms with Gasteiger partial charge in [0.25, 0.3) is 0 Å². The largest absolute Gasteiger partial charge is 0.376 e. The summed E-state index contributed by atoms with van der Waals surface area (Å²) in [4.78, 5) is 20.4. The third-order valence-electron chi connectivity index (χ3n) is 5.44. The molecule has 1 aliphatic carbocycles. The Morgan fingerprint density at radius 1 is 1.24 bits per heavy atom. The molecule has 3 aliphatic rings. The van der Waals surface area contributed by atoms with E-state index in [9.17, 15) is 0 Å². The van der Waals surface area contributed by atoms with Gasteiger partial charge in [-0.1, -0.05) is 0 Å². The predicted octanol–water partition coefficient (Wildman–Crippen LogP) is 1.77. The van der Waals surface area contributed by atoms with Crippen molar-refractivity contribution in [2.24, 2.45) is 5.92 Å². The molecule has 25 heavy (non-hydrogen) atoms. The van der Waals surface area contributed by atoms with E-state index in [2.05, 4.69) is 25.2 Å². The molecule has 5 rings (SSSR count). The molecule has 2 aromatic rings. The average Bonchev–Trinajstić information content (AvgIpc) is 3.40. The van der Waals surface area contributed by atoms with Gasteiger partial charge in [0.1, 0.15) is 0 Å². The van der Waals surface area contributed by atoms with Crippen LogP contribution in [0.25, 0.3) is 0 Å². The fourth-order valence-corrected chi connectivity index (χ4v) is 3.85. The summed E-state index contributed by atoms with van der Waals surface area (Å²) in [7, 11) is 0. The Morgan fingerprint density at radius 3 is 2.96 bits per heavy atom. The molecule has 7 nitrogen and oxygen atoms in total. The maximum Gasteiger partial charge on any atom is 0.225 e. The topological polar surface area (TPSA) is 76.1 Å². The van der Waals surface area contributed by atoms with Crippen LogP contribution in [-0.4, -0.2) is 46.2 Å². The van der Waals surface area contributed by atoms with Gasteiger partial charge in [0, 0.05) is 43.8 Å². The number of hydrogen-bond acceptors (Lipinski definition) is 7. The second-order valence-electron chi connectivity index (χ2n) is 7.39. The summed E-state index contributed by atoms with van der Waals surface area (Å²) >= 11 is 0. The molecule has 1 atom stereocenters. The van der Waals surface area contributed by atoms with Crippen LogP contribution < -0.4 is 10.2 Å². The van der Waals surface area contributed by atoms with E-state index in [-0.39, 0.29) is 5.41 Å². The number of nitrogens with zero attached hydrogens (tertiary/aromatic N) is 5. The highest BCUT2D eigenvalue weighted by Crippen LogP contribution is 2.40. The van der Waals surface area contributed by atoms with Crippen molar-refractivity contribution in [1.82, 2.24) is 19.9 Å². The van der Waals surface area contributed by atoms with Gasteiger partial charge in [-0.05, 0) is 31.2 Å². The van der Waals surface area contributed by atoms with Crippen LogP contribution in [-0.2, 0) is 16.8 Å². The molecule has 2 aromatic heterocycles. The van der Waals surface area contributed by atoms with Crippen LogP contribution in [0.5, 0.6) is 0 Å². The average molecular weight is 338 g/mol. The number of fused-ring (bicyclic) bond motifs is 2. The van der Waals surface area contributed by atoms with Gasteiger partial charge in [-0.15, -0.1) is 0 Å². The molecule has 0 amide bonds. The minimum atomic E-state index is -0.0915. The van der Waals surface area contributed by atoms with Gasteiger partial charge >= 0.3 is 0 Å². The highest BCUT2D eigenvalue weighted by atomic mass is 16.5. The Balaban J connectivity index is 1.42. The van der Waals surface area contributed by atoms with E-state index < -0.39 is 0 Å². The summed E-state index contributed by atoms with van der Waals surface area (Å²) in [6, 6.07) is 1.85. The molecule has 130 valence electrons. The number of rotatable bonds is 4. The number of aromatic nitrogens is 4. The van der Waals surface area contributed by atoms with Crippen LogP contribution in [0.1, 0.15) is 30.5 Å². The summed E-state index contributed by atoms with van der Waals surface area (Å²) in [6.07, 6.45) is 9.16. The quantitative estimate of drug-likeness (QED) is 0.910. The van der Waals surface area contributed by atoms with Gasteiger partial charge in [0.2, 0.25) is 11.9 Å². The zero-order valence-corrected chi connectivity index (χ0v) is 14.2. The maximum absolute atomic E-state index is 5.90. The van der Waals surface area contributed by atoms with Crippen molar-refractivity contribution in [2.75, 3.05) is 36.5 Å². The molecular weight excluding hydrogens is 316 g/mol. The predicted molar refractivity (Wildman–Crippen MR) is 93.4 cm³/mol. The van der Waals surface area contributed by atoms with Crippen molar-refractivity contribution >= 4 is 11.9 Å². The molecular formula is C18H22N6O. The maximum atomic E-state index is 5.90. The van der Waals surface area contributed by atoms with Crippen LogP contribution in [0, 0.1) is 5.92 Å². The molecule has 4 heterocycles. The summed E-state index contributed by atoms with van der Waals surface area (Å²) in [5.74, 6) is 2.34. The van der Waals surface area contributed by atoms with Gasteiger partial charge in [-0.25, -0.2) is 19.9 Å². The summed E-state index contributed by atoms with van der Waals surface area (Å²) < 4.78 is 5.90. The third-order valence-corrected chi connectivity index (χ3v) is 5.44. The molecule has 7 heteroatoms. The monoisotopic (exact) mass is 338 g/mol. The van der Waals surface area contributed by atoms with Crippen LogP contribution in [0.3, 0.4) is 0 Å². The lowest BCUT2D eigenvalue weighted by Gasteiger charge is -2.34. The molecule has 1 saturated carbocycles. The van der Waals surface area contributed by atoms with E-state index in [1.54, 1.807) is 12.4 Å². The molecule has 0 radical (unpaired) electrons. The fraction of sp³-hybridized carbons (Fsp3) is 0.556. The minimum Gasteiger partial charge on any atom is -0.376 e. The van der Waals surface area contributed by atoms with Crippen LogP contribution in [0.4, 0.5) is 11.9 Å². The number of nitrogens with one attached hydrogen (secondary N) is 1. The number of ether oxygens (including phenoxy) is 1. The van der Waals surface area contributed by atoms with Crippen molar-refractivity contribution < 1.29 is 4.74 Å². The first-order valence-corrected chi connectivity index (χ1v) is 9.02. The second kappa shape index (κ2) is 5.91. The Labute approximate surface area is 146 Å². The molecule has 1 N–H and O–H groups in total. The van der Waals surface area contributed by atoms with Gasteiger partial charge in [-0.2, -0.15) is 0 Å². The van der Waals surface area contributed by atoms with Crippen molar-refractivity contribution in [3.63, 3.8) is 0 Å². The lowest BCUT2D eigenvalue weighted by Crippen LogP contribution is -2.41. The van der Waals surface area contributed by atoms with E-state index >= 15 is 0 Å². The van der Waals surface area contributed by atoms with Crippen LogP contribution >= 0.6 is 0 Å². The van der Waals surface area contributed by atoms with E-state index in [4.69, 9.17) is 9.72 Å². The summed E-state index contributed by atoms with van der Waals surface area (Å²) in [5.41, 5.74) is 2.16. The highest BCUT2D eigenvalue weighted by Gasteiger charge is 2.45. The second-order valence-corrected chi connectivity index (χ2v) is 7.39. The van der Waals surface area contributed by atoms with E-state index in [0.717, 1.165) is 55.1 Å². The van der Waals surface area contributed by atoms with E-state index in [0.29, 0.717) is 13.2 Å². The van der Waals surface area contributed by atoms with Crippen molar-refractivity contribution in [2.45, 2.75) is 31.3 Å². The molecule has 1 saturated heterocycles. The number of anilines is 2. The van der Waals surface area contributed by atoms with Gasteiger partial charge < -0.3 is 15.0 Å². The third kappa shape index (κ3) is 2.82. The number of hydrogen-bond donors (Lipinski definition) is 1. The first kappa shape index (κ1) is 15.0. The smallest absolute Gasteiger partial charge is 0.225 e. The Bertz CT molecular complexity index is 765. The summed E-state index contributed by atoms with van der Waals surface area (Å²) in [5, 5.41) is 3.40. The molecule has 0 aromatic carbocycles. The normalized spacial score (nSPS) is 25.2. The molecule has 2 aliphatic heterocycles. The van der Waals surface area contributed by atoms with E-state index in [1.807, 2.05) is 12.3 Å². The lowest BCUT2D eigenvalue weighted by molar-refractivity contribution is 0.0557. The molecule has 0 bridgehead atoms. The standard InChI is InChI=1S/C18H22N6O/c1-5-19-17(20-6-1)24-7-4-18(11-24)12-25-10-14-9-22-16(23-15(14)18)21-8-13-2-3-13/h1,5-6,9,13H,2-4,7-8,10-12H2,(H,21,22,23). The Kier molecular flexibility index (Phi) is 3.55. The fourth-order valence-electron chi connectivity index (χ4n) is 3.85. The first-order chi connectivity index (χ1) is 12.3. The van der Waals surface area contributed by atoms with Crippen LogP contribution in [0.15, 0.2) is 24.7 Å². The Morgan fingerprint density at radius 2 is 2.12 bits per heavy atom. The van der Waals surface area contributed by atoms with Crippen molar-refractivity contribution in [1.29, 1.82) is 0 Å². The molecule has 1 unspecified atom stereocenters. The molecule has 2 fully saturated rings. The van der Waals surface area contributed by atoms with E-state index in [1.165, 1.54) is 12.8 Å². The lowest BCUT2D eigenvalue weighted by atomic mass is 9.81.